The zero-order valence-electron chi connectivity index (χ0n) is 9.93. The van der Waals surface area contributed by atoms with Crippen LogP contribution in [-0.4, -0.2) is 38.1 Å². The van der Waals surface area contributed by atoms with E-state index in [-0.39, 0.29) is 0 Å². The molecule has 0 rings (SSSR count). The Bertz CT molecular complexity index is 115. The molecule has 0 aliphatic heterocycles. The Morgan fingerprint density at radius 2 is 1.92 bits per heavy atom. The Hall–Kier alpha value is -0.0800. The first-order chi connectivity index (χ1) is 6.13. The third-order valence-electron chi connectivity index (χ3n) is 3.10. The molecule has 0 aliphatic rings. The third kappa shape index (κ3) is 5.27. The van der Waals surface area contributed by atoms with E-state index in [2.05, 4.69) is 38.0 Å². The van der Waals surface area contributed by atoms with Crippen LogP contribution in [0.2, 0.25) is 0 Å². The Balaban J connectivity index is 3.62. The number of hydrogen-bond donors (Lipinski definition) is 1. The molecule has 0 radical (unpaired) electrons. The van der Waals surface area contributed by atoms with Gasteiger partial charge in [0.15, 0.2) is 0 Å². The van der Waals surface area contributed by atoms with Crippen LogP contribution in [0.1, 0.15) is 33.6 Å². The number of nitrogens with zero attached hydrogens (tertiary/aromatic N) is 1. The molecule has 0 heterocycles. The lowest BCUT2D eigenvalue weighted by atomic mass is 10.00. The molecule has 0 aliphatic carbocycles. The lowest BCUT2D eigenvalue weighted by Crippen LogP contribution is -2.35. The Morgan fingerprint density at radius 1 is 1.31 bits per heavy atom. The normalized spacial score (nSPS) is 16.2. The smallest absolute Gasteiger partial charge is 0.00894 e. The van der Waals surface area contributed by atoms with Gasteiger partial charge < -0.3 is 10.2 Å². The summed E-state index contributed by atoms with van der Waals surface area (Å²) in [5.74, 6) is 0.805. The maximum absolute atomic E-state index is 3.18. The molecule has 2 nitrogen and oxygen atoms in total. The van der Waals surface area contributed by atoms with E-state index in [0.717, 1.165) is 12.5 Å². The van der Waals surface area contributed by atoms with Crippen molar-refractivity contribution in [1.82, 2.24) is 10.2 Å². The first-order valence-electron chi connectivity index (χ1n) is 5.48. The van der Waals surface area contributed by atoms with E-state index in [1.807, 2.05) is 7.05 Å². The molecule has 80 valence electrons. The maximum Gasteiger partial charge on any atom is 0.00894 e. The molecule has 0 aromatic heterocycles. The quantitative estimate of drug-likeness (QED) is 0.612. The van der Waals surface area contributed by atoms with E-state index in [4.69, 9.17) is 0 Å². The second-order valence-electron chi connectivity index (χ2n) is 4.06. The highest BCUT2D eigenvalue weighted by Crippen LogP contribution is 2.12. The molecule has 0 bridgehead atoms. The molecule has 13 heavy (non-hydrogen) atoms. The molecule has 0 aromatic rings. The van der Waals surface area contributed by atoms with E-state index in [1.54, 1.807) is 0 Å². The summed E-state index contributed by atoms with van der Waals surface area (Å²) in [6.45, 7) is 9.25. The van der Waals surface area contributed by atoms with E-state index < -0.39 is 0 Å². The van der Waals surface area contributed by atoms with E-state index in [9.17, 15) is 0 Å². The third-order valence-corrected chi connectivity index (χ3v) is 3.10. The first-order valence-corrected chi connectivity index (χ1v) is 5.48. The van der Waals surface area contributed by atoms with Crippen molar-refractivity contribution in [2.45, 2.75) is 39.7 Å². The molecule has 2 unspecified atom stereocenters. The molecule has 0 amide bonds. The summed E-state index contributed by atoms with van der Waals surface area (Å²) in [5, 5.41) is 3.18. The van der Waals surface area contributed by atoms with Gasteiger partial charge in [0, 0.05) is 6.04 Å². The van der Waals surface area contributed by atoms with Gasteiger partial charge in [-0.05, 0) is 46.4 Å². The fraction of sp³-hybridized carbons (Fsp3) is 1.00. The summed E-state index contributed by atoms with van der Waals surface area (Å²) >= 11 is 0. The van der Waals surface area contributed by atoms with Crippen molar-refractivity contribution in [2.24, 2.45) is 5.92 Å². The van der Waals surface area contributed by atoms with Crippen molar-refractivity contribution >= 4 is 0 Å². The van der Waals surface area contributed by atoms with Gasteiger partial charge in [-0.2, -0.15) is 0 Å². The number of hydrogen-bond acceptors (Lipinski definition) is 2. The Labute approximate surface area is 83.7 Å². The van der Waals surface area contributed by atoms with Crippen LogP contribution in [-0.2, 0) is 0 Å². The fourth-order valence-corrected chi connectivity index (χ4v) is 1.48. The Kier molecular flexibility index (Phi) is 7.29. The number of nitrogens with one attached hydrogen (secondary N) is 1. The molecular weight excluding hydrogens is 160 g/mol. The first kappa shape index (κ1) is 12.9. The van der Waals surface area contributed by atoms with Gasteiger partial charge in [0.1, 0.15) is 0 Å². The minimum absolute atomic E-state index is 0.710. The largest absolute Gasteiger partial charge is 0.320 e. The highest BCUT2D eigenvalue weighted by Gasteiger charge is 2.14. The highest BCUT2D eigenvalue weighted by molar-refractivity contribution is 4.69. The van der Waals surface area contributed by atoms with Crippen LogP contribution in [0.5, 0.6) is 0 Å². The van der Waals surface area contributed by atoms with E-state index >= 15 is 0 Å². The van der Waals surface area contributed by atoms with Crippen LogP contribution in [0.25, 0.3) is 0 Å². The number of rotatable bonds is 7. The average molecular weight is 186 g/mol. The van der Waals surface area contributed by atoms with Crippen molar-refractivity contribution in [1.29, 1.82) is 0 Å². The summed E-state index contributed by atoms with van der Waals surface area (Å²) < 4.78 is 0. The lowest BCUT2D eigenvalue weighted by molar-refractivity contribution is 0.194. The fourth-order valence-electron chi connectivity index (χ4n) is 1.48. The minimum atomic E-state index is 0.710. The van der Waals surface area contributed by atoms with Crippen LogP contribution in [0, 0.1) is 5.92 Å². The monoisotopic (exact) mass is 186 g/mol. The van der Waals surface area contributed by atoms with Gasteiger partial charge in [-0.3, -0.25) is 0 Å². The zero-order valence-corrected chi connectivity index (χ0v) is 9.93. The molecular formula is C11H26N2. The summed E-state index contributed by atoms with van der Waals surface area (Å²) in [7, 11) is 4.24. The van der Waals surface area contributed by atoms with E-state index in [1.165, 1.54) is 19.4 Å². The van der Waals surface area contributed by atoms with Crippen molar-refractivity contribution in [3.05, 3.63) is 0 Å². The molecule has 2 atom stereocenters. The van der Waals surface area contributed by atoms with E-state index in [0.29, 0.717) is 6.04 Å². The summed E-state index contributed by atoms with van der Waals surface area (Å²) in [4.78, 5) is 2.46. The topological polar surface area (TPSA) is 15.3 Å². The average Bonchev–Trinajstić information content (AvgIpc) is 2.15. The lowest BCUT2D eigenvalue weighted by Gasteiger charge is -2.29. The van der Waals surface area contributed by atoms with Crippen LogP contribution >= 0.6 is 0 Å². The molecule has 0 saturated carbocycles. The predicted molar refractivity (Wildman–Crippen MR) is 60.1 cm³/mol. The summed E-state index contributed by atoms with van der Waals surface area (Å²) in [5.41, 5.74) is 0. The molecule has 0 aromatic carbocycles. The second-order valence-corrected chi connectivity index (χ2v) is 4.06. The zero-order chi connectivity index (χ0) is 10.3. The molecule has 0 fully saturated rings. The van der Waals surface area contributed by atoms with Crippen molar-refractivity contribution in [3.8, 4) is 0 Å². The highest BCUT2D eigenvalue weighted by atomic mass is 15.1. The van der Waals surface area contributed by atoms with Gasteiger partial charge in [0.25, 0.3) is 0 Å². The summed E-state index contributed by atoms with van der Waals surface area (Å²) in [6.07, 6.45) is 2.52. The van der Waals surface area contributed by atoms with Crippen LogP contribution in [0.3, 0.4) is 0 Å². The van der Waals surface area contributed by atoms with Gasteiger partial charge in [-0.15, -0.1) is 0 Å². The maximum atomic E-state index is 3.18. The molecule has 0 saturated heterocycles. The molecule has 0 spiro atoms. The molecule has 2 heteroatoms. The summed E-state index contributed by atoms with van der Waals surface area (Å²) in [6, 6.07) is 0.710. The van der Waals surface area contributed by atoms with Gasteiger partial charge in [-0.25, -0.2) is 0 Å². The van der Waals surface area contributed by atoms with Gasteiger partial charge in [-0.1, -0.05) is 20.3 Å². The Morgan fingerprint density at radius 3 is 2.38 bits per heavy atom. The SMILES string of the molecule is CCC(C)C(C)N(C)CCCNC. The predicted octanol–water partition coefficient (Wildman–Crippen LogP) is 1.96. The van der Waals surface area contributed by atoms with Crippen molar-refractivity contribution in [2.75, 3.05) is 27.2 Å². The minimum Gasteiger partial charge on any atom is -0.320 e. The standard InChI is InChI=1S/C11H26N2/c1-6-10(2)11(3)13(5)9-7-8-12-4/h10-12H,6-9H2,1-5H3. The van der Waals surface area contributed by atoms with Crippen LogP contribution < -0.4 is 5.32 Å². The van der Waals surface area contributed by atoms with Gasteiger partial charge in [0.05, 0.1) is 0 Å². The van der Waals surface area contributed by atoms with Gasteiger partial charge >= 0.3 is 0 Å². The molecule has 1 N–H and O–H groups in total. The van der Waals surface area contributed by atoms with Crippen LogP contribution in [0.15, 0.2) is 0 Å². The second kappa shape index (κ2) is 7.34. The van der Waals surface area contributed by atoms with Gasteiger partial charge in [0.2, 0.25) is 0 Å². The van der Waals surface area contributed by atoms with Crippen molar-refractivity contribution < 1.29 is 0 Å². The van der Waals surface area contributed by atoms with Crippen molar-refractivity contribution in [3.63, 3.8) is 0 Å². The van der Waals surface area contributed by atoms with Crippen LogP contribution in [0.4, 0.5) is 0 Å².